The minimum absolute atomic E-state index is 0.123. The molecule has 0 bridgehead atoms. The topological polar surface area (TPSA) is 58.4 Å². The fourth-order valence-electron chi connectivity index (χ4n) is 3.28. The lowest BCUT2D eigenvalue weighted by Gasteiger charge is -2.40. The third kappa shape index (κ3) is 3.93. The van der Waals surface area contributed by atoms with Crippen LogP contribution in [0, 0.1) is 5.41 Å². The Balaban J connectivity index is 1.67. The Morgan fingerprint density at radius 3 is 2.47 bits per heavy atom. The molecule has 0 radical (unpaired) electrons. The molecule has 1 saturated heterocycles. The highest BCUT2D eigenvalue weighted by Gasteiger charge is 2.37. The van der Waals surface area contributed by atoms with Crippen LogP contribution >= 0.6 is 0 Å². The lowest BCUT2D eigenvalue weighted by atomic mass is 9.66. The summed E-state index contributed by atoms with van der Waals surface area (Å²) in [6.07, 6.45) is 8.06. The Morgan fingerprint density at radius 1 is 1.26 bits per heavy atom. The summed E-state index contributed by atoms with van der Waals surface area (Å²) in [5.41, 5.74) is 5.93. The maximum Gasteiger partial charge on any atom is 0.220 e. The van der Waals surface area contributed by atoms with Crippen LogP contribution in [0.25, 0.3) is 0 Å². The Morgan fingerprint density at radius 2 is 1.95 bits per heavy atom. The van der Waals surface area contributed by atoms with Crippen molar-refractivity contribution in [2.24, 2.45) is 11.1 Å². The van der Waals surface area contributed by atoms with Crippen LogP contribution in [-0.2, 0) is 4.79 Å². The highest BCUT2D eigenvalue weighted by molar-refractivity contribution is 5.76. The van der Waals surface area contributed by atoms with Crippen molar-refractivity contribution < 1.29 is 4.79 Å². The Bertz CT molecular complexity index is 290. The molecule has 110 valence electrons. The average molecular weight is 267 g/mol. The number of amides is 1. The van der Waals surface area contributed by atoms with Crippen LogP contribution in [0.3, 0.4) is 0 Å². The lowest BCUT2D eigenvalue weighted by molar-refractivity contribution is -0.125. The summed E-state index contributed by atoms with van der Waals surface area (Å²) in [7, 11) is 0. The van der Waals surface area contributed by atoms with E-state index in [4.69, 9.17) is 5.73 Å². The Labute approximate surface area is 117 Å². The monoisotopic (exact) mass is 267 g/mol. The number of nitrogens with zero attached hydrogens (tertiary/aromatic N) is 1. The van der Waals surface area contributed by atoms with Gasteiger partial charge in [-0.25, -0.2) is 0 Å². The van der Waals surface area contributed by atoms with Gasteiger partial charge >= 0.3 is 0 Å². The molecule has 4 heteroatoms. The number of hydrogen-bond donors (Lipinski definition) is 2. The van der Waals surface area contributed by atoms with Crippen LogP contribution in [0.2, 0.25) is 0 Å². The van der Waals surface area contributed by atoms with Gasteiger partial charge in [0.15, 0.2) is 0 Å². The molecule has 1 atom stereocenters. The number of nitrogens with two attached hydrogens (primary N) is 1. The molecule has 3 N–H and O–H groups in total. The SMILES string of the molecule is CC(CNC(=O)CC1(CN)CCC1)N1CCCCC1. The summed E-state index contributed by atoms with van der Waals surface area (Å²) in [6.45, 7) is 6.02. The van der Waals surface area contributed by atoms with Crippen molar-refractivity contribution in [3.05, 3.63) is 0 Å². The van der Waals surface area contributed by atoms with Crippen LogP contribution < -0.4 is 11.1 Å². The first kappa shape index (κ1) is 14.8. The van der Waals surface area contributed by atoms with Gasteiger partial charge in [0, 0.05) is 19.0 Å². The van der Waals surface area contributed by atoms with Crippen LogP contribution in [0.4, 0.5) is 0 Å². The molecule has 1 unspecified atom stereocenters. The second-order valence-corrected chi connectivity index (χ2v) is 6.48. The van der Waals surface area contributed by atoms with Crippen molar-refractivity contribution in [3.8, 4) is 0 Å². The van der Waals surface area contributed by atoms with E-state index in [2.05, 4.69) is 17.1 Å². The first-order valence-electron chi connectivity index (χ1n) is 7.86. The predicted octanol–water partition coefficient (Wildman–Crippen LogP) is 1.50. The van der Waals surface area contributed by atoms with Crippen LogP contribution in [0.15, 0.2) is 0 Å². The minimum atomic E-state index is 0.123. The second kappa shape index (κ2) is 6.71. The number of carbonyl (C=O) groups is 1. The summed E-state index contributed by atoms with van der Waals surface area (Å²) in [4.78, 5) is 14.5. The smallest absolute Gasteiger partial charge is 0.220 e. The molecule has 0 aromatic heterocycles. The fourth-order valence-corrected chi connectivity index (χ4v) is 3.28. The zero-order chi connectivity index (χ0) is 13.7. The van der Waals surface area contributed by atoms with Gasteiger partial charge in [-0.05, 0) is 57.7 Å². The average Bonchev–Trinajstić information content (AvgIpc) is 2.41. The molecule has 1 aliphatic carbocycles. The third-order valence-electron chi connectivity index (χ3n) is 4.99. The van der Waals surface area contributed by atoms with E-state index in [0.29, 0.717) is 19.0 Å². The fraction of sp³-hybridized carbons (Fsp3) is 0.933. The molecular formula is C15H29N3O. The summed E-state index contributed by atoms with van der Waals surface area (Å²) in [5.74, 6) is 0.189. The first-order valence-corrected chi connectivity index (χ1v) is 7.86. The third-order valence-corrected chi connectivity index (χ3v) is 4.99. The Kier molecular flexibility index (Phi) is 5.22. The molecule has 1 saturated carbocycles. The zero-order valence-electron chi connectivity index (χ0n) is 12.3. The predicted molar refractivity (Wildman–Crippen MR) is 77.9 cm³/mol. The van der Waals surface area contributed by atoms with E-state index in [0.717, 1.165) is 19.4 Å². The van der Waals surface area contributed by atoms with E-state index in [1.54, 1.807) is 0 Å². The number of likely N-dealkylation sites (tertiary alicyclic amines) is 1. The van der Waals surface area contributed by atoms with Crippen molar-refractivity contribution in [2.75, 3.05) is 26.2 Å². The van der Waals surface area contributed by atoms with Crippen LogP contribution in [-0.4, -0.2) is 43.0 Å². The van der Waals surface area contributed by atoms with Gasteiger partial charge in [-0.3, -0.25) is 9.69 Å². The molecule has 0 aromatic rings. The first-order chi connectivity index (χ1) is 9.15. The largest absolute Gasteiger partial charge is 0.355 e. The van der Waals surface area contributed by atoms with Gasteiger partial charge in [-0.2, -0.15) is 0 Å². The molecule has 1 amide bonds. The van der Waals surface area contributed by atoms with Gasteiger partial charge in [0.1, 0.15) is 0 Å². The van der Waals surface area contributed by atoms with Crippen molar-refractivity contribution in [3.63, 3.8) is 0 Å². The molecule has 0 aromatic carbocycles. The lowest BCUT2D eigenvalue weighted by Crippen LogP contribution is -2.46. The van der Waals surface area contributed by atoms with Gasteiger partial charge in [-0.1, -0.05) is 12.8 Å². The van der Waals surface area contributed by atoms with E-state index in [1.165, 1.54) is 38.8 Å². The van der Waals surface area contributed by atoms with Crippen LogP contribution in [0.1, 0.15) is 51.9 Å². The molecular weight excluding hydrogens is 238 g/mol. The van der Waals surface area contributed by atoms with E-state index in [9.17, 15) is 4.79 Å². The summed E-state index contributed by atoms with van der Waals surface area (Å²) >= 11 is 0. The zero-order valence-corrected chi connectivity index (χ0v) is 12.3. The second-order valence-electron chi connectivity index (χ2n) is 6.48. The molecule has 19 heavy (non-hydrogen) atoms. The summed E-state index contributed by atoms with van der Waals surface area (Å²) in [6, 6.07) is 0.458. The standard InChI is InChI=1S/C15H29N3O/c1-13(18-8-3-2-4-9-18)11-17-14(19)10-15(12-16)6-5-7-15/h13H,2-12,16H2,1H3,(H,17,19). The maximum absolute atomic E-state index is 12.0. The van der Waals surface area contributed by atoms with Gasteiger partial charge in [0.2, 0.25) is 5.91 Å². The number of hydrogen-bond acceptors (Lipinski definition) is 3. The quantitative estimate of drug-likeness (QED) is 0.766. The van der Waals surface area contributed by atoms with Gasteiger partial charge in [0.05, 0.1) is 0 Å². The molecule has 0 spiro atoms. The normalized spacial score (nSPS) is 24.5. The molecule has 1 aliphatic heterocycles. The summed E-state index contributed by atoms with van der Waals surface area (Å²) in [5, 5.41) is 3.10. The molecule has 2 aliphatic rings. The highest BCUT2D eigenvalue weighted by Crippen LogP contribution is 2.42. The van der Waals surface area contributed by atoms with Crippen LogP contribution in [0.5, 0.6) is 0 Å². The van der Waals surface area contributed by atoms with E-state index >= 15 is 0 Å². The van der Waals surface area contributed by atoms with E-state index < -0.39 is 0 Å². The molecule has 1 heterocycles. The number of carbonyl (C=O) groups excluding carboxylic acids is 1. The molecule has 2 fully saturated rings. The number of rotatable bonds is 6. The van der Waals surface area contributed by atoms with Crippen molar-refractivity contribution in [2.45, 2.75) is 57.9 Å². The number of nitrogens with one attached hydrogen (secondary N) is 1. The minimum Gasteiger partial charge on any atom is -0.355 e. The number of piperidine rings is 1. The summed E-state index contributed by atoms with van der Waals surface area (Å²) < 4.78 is 0. The highest BCUT2D eigenvalue weighted by atomic mass is 16.1. The van der Waals surface area contributed by atoms with E-state index in [1.807, 2.05) is 0 Å². The van der Waals surface area contributed by atoms with Gasteiger partial charge < -0.3 is 11.1 Å². The Hall–Kier alpha value is -0.610. The van der Waals surface area contributed by atoms with Gasteiger partial charge in [-0.15, -0.1) is 0 Å². The maximum atomic E-state index is 12.0. The van der Waals surface area contributed by atoms with Crippen molar-refractivity contribution in [1.29, 1.82) is 0 Å². The van der Waals surface area contributed by atoms with Gasteiger partial charge in [0.25, 0.3) is 0 Å². The van der Waals surface area contributed by atoms with Crippen molar-refractivity contribution in [1.82, 2.24) is 10.2 Å². The van der Waals surface area contributed by atoms with E-state index in [-0.39, 0.29) is 11.3 Å². The molecule has 2 rings (SSSR count). The molecule has 4 nitrogen and oxygen atoms in total. The van der Waals surface area contributed by atoms with Crippen molar-refractivity contribution >= 4 is 5.91 Å².